The molecule has 2 aromatic rings. The fourth-order valence-electron chi connectivity index (χ4n) is 4.45. The summed E-state index contributed by atoms with van der Waals surface area (Å²) in [4.78, 5) is 52.7. The number of hydrogen-bond acceptors (Lipinski definition) is 17. The van der Waals surface area contributed by atoms with E-state index in [9.17, 15) is 29.0 Å². The Morgan fingerprint density at radius 3 is 2.34 bits per heavy atom. The third-order valence-corrected chi connectivity index (χ3v) is 7.86. The molecule has 0 unspecified atom stereocenters. The number of aromatic nitrogens is 3. The van der Waals surface area contributed by atoms with Gasteiger partial charge in [0, 0.05) is 13.8 Å². The van der Waals surface area contributed by atoms with E-state index >= 15 is 0 Å². The maximum Gasteiger partial charge on any atom is 0.510 e. The zero-order valence-corrected chi connectivity index (χ0v) is 27.6. The lowest BCUT2D eigenvalue weighted by Gasteiger charge is -2.28. The van der Waals surface area contributed by atoms with Crippen LogP contribution in [0.5, 0.6) is 0 Å². The zero-order valence-electron chi connectivity index (χ0n) is 26.7. The molecule has 258 valence electrons. The van der Waals surface area contributed by atoms with Gasteiger partial charge in [-0.1, -0.05) is 0 Å². The molecule has 0 aromatic carbocycles. The summed E-state index contributed by atoms with van der Waals surface area (Å²) in [6.45, 7) is 8.10. The third kappa shape index (κ3) is 9.14. The lowest BCUT2D eigenvalue weighted by Crippen LogP contribution is -2.45. The molecule has 3 heterocycles. The lowest BCUT2D eigenvalue weighted by atomic mass is 9.92. The second-order valence-electron chi connectivity index (χ2n) is 10.7. The smallest absolute Gasteiger partial charge is 0.462 e. The SMILES string of the molecule is CC(=O)O[C@H]1[C@@H](OC(C)=O)[C@](C#N)(c2ccc3c(N)ncnn23)O[C@@H]1CO[P@@](=O)(N[C@@H](C)C(=O)OC(C)C)OCOC(=O)OC(C)C. The highest BCUT2D eigenvalue weighted by Gasteiger charge is 2.62. The number of carbonyl (C=O) groups is 4. The van der Waals surface area contributed by atoms with Gasteiger partial charge in [-0.3, -0.25) is 23.4 Å². The van der Waals surface area contributed by atoms with Crippen molar-refractivity contribution in [2.75, 3.05) is 19.1 Å². The number of nitrogens with one attached hydrogen (secondary N) is 1. The number of fused-ring (bicyclic) bond motifs is 1. The van der Waals surface area contributed by atoms with Crippen LogP contribution in [0.4, 0.5) is 10.6 Å². The summed E-state index contributed by atoms with van der Waals surface area (Å²) < 4.78 is 57.8. The van der Waals surface area contributed by atoms with E-state index < -0.39 is 87.4 Å². The van der Waals surface area contributed by atoms with E-state index in [2.05, 4.69) is 15.2 Å². The molecule has 1 aliphatic heterocycles. The number of anilines is 1. The summed E-state index contributed by atoms with van der Waals surface area (Å²) in [5.41, 5.74) is 4.07. The Morgan fingerprint density at radius 2 is 1.74 bits per heavy atom. The molecular formula is C27H37N6O13P. The predicted molar refractivity (Wildman–Crippen MR) is 157 cm³/mol. The molecule has 0 radical (unpaired) electrons. The van der Waals surface area contributed by atoms with Crippen LogP contribution in [-0.2, 0) is 62.0 Å². The van der Waals surface area contributed by atoms with Gasteiger partial charge in [-0.15, -0.1) is 0 Å². The molecule has 1 fully saturated rings. The van der Waals surface area contributed by atoms with Crippen molar-refractivity contribution in [2.45, 2.75) is 90.6 Å². The highest BCUT2D eigenvalue weighted by Crippen LogP contribution is 2.48. The standard InChI is InChI=1S/C27H37N6O13P/c1-14(2)42-25(36)16(5)32-47(38,41-13-39-26(37)43-15(3)4)40-10-20-22(44-17(6)34)23(45-18(7)35)27(11-28,46-20)21-9-8-19-24(29)30-12-31-33(19)21/h8-9,12,14-16,20,22-23H,10,13H2,1-7H3,(H,32,38)(H2,29,30,31)/t16-,20+,22+,23+,27-,47-/m0/s1. The van der Waals surface area contributed by atoms with Crippen molar-refractivity contribution in [3.8, 4) is 6.07 Å². The molecule has 0 bridgehead atoms. The van der Waals surface area contributed by atoms with Crippen LogP contribution < -0.4 is 10.8 Å². The average Bonchev–Trinajstić information content (AvgIpc) is 3.52. The quantitative estimate of drug-likeness (QED) is 0.125. The molecule has 1 aliphatic rings. The Hall–Kier alpha value is -4.34. The minimum Gasteiger partial charge on any atom is -0.462 e. The molecule has 19 nitrogen and oxygen atoms in total. The molecule has 0 spiro atoms. The van der Waals surface area contributed by atoms with E-state index in [1.807, 2.05) is 6.07 Å². The van der Waals surface area contributed by atoms with Crippen LogP contribution in [-0.4, -0.2) is 88.6 Å². The van der Waals surface area contributed by atoms with E-state index in [-0.39, 0.29) is 17.0 Å². The third-order valence-electron chi connectivity index (χ3n) is 6.22. The molecule has 3 rings (SSSR count). The minimum atomic E-state index is -4.62. The summed E-state index contributed by atoms with van der Waals surface area (Å²) in [5, 5.41) is 17.1. The van der Waals surface area contributed by atoms with Gasteiger partial charge in [0.15, 0.2) is 18.0 Å². The Bertz CT molecular complexity index is 1560. The molecule has 3 N–H and O–H groups in total. The van der Waals surface area contributed by atoms with Gasteiger partial charge in [-0.05, 0) is 46.8 Å². The summed E-state index contributed by atoms with van der Waals surface area (Å²) in [6.07, 6.45) is -5.65. The molecule has 0 saturated carbocycles. The normalized spacial score (nSPS) is 22.7. The number of nitrogens with zero attached hydrogens (tertiary/aromatic N) is 4. The average molecular weight is 685 g/mol. The summed E-state index contributed by atoms with van der Waals surface area (Å²) in [5.74, 6) is -2.46. The van der Waals surface area contributed by atoms with Crippen molar-refractivity contribution in [1.82, 2.24) is 19.7 Å². The van der Waals surface area contributed by atoms with Crippen molar-refractivity contribution in [3.05, 3.63) is 24.2 Å². The first-order chi connectivity index (χ1) is 22.0. The van der Waals surface area contributed by atoms with Crippen LogP contribution >= 0.6 is 7.75 Å². The second-order valence-corrected chi connectivity index (χ2v) is 12.5. The molecule has 0 aliphatic carbocycles. The van der Waals surface area contributed by atoms with E-state index in [4.69, 9.17) is 43.2 Å². The van der Waals surface area contributed by atoms with Gasteiger partial charge < -0.3 is 34.2 Å². The van der Waals surface area contributed by atoms with E-state index in [1.54, 1.807) is 27.7 Å². The monoisotopic (exact) mass is 684 g/mol. The van der Waals surface area contributed by atoms with Crippen molar-refractivity contribution < 1.29 is 61.2 Å². The first kappa shape index (κ1) is 37.1. The minimum absolute atomic E-state index is 0.0228. The fraction of sp³-hybridized carbons (Fsp3) is 0.593. The van der Waals surface area contributed by atoms with Crippen LogP contribution in [0.25, 0.3) is 5.52 Å². The molecule has 6 atom stereocenters. The van der Waals surface area contributed by atoms with Crippen molar-refractivity contribution in [1.29, 1.82) is 5.26 Å². The van der Waals surface area contributed by atoms with Gasteiger partial charge in [-0.2, -0.15) is 10.4 Å². The lowest BCUT2D eigenvalue weighted by molar-refractivity contribution is -0.166. The van der Waals surface area contributed by atoms with Gasteiger partial charge in [0.05, 0.1) is 24.5 Å². The summed E-state index contributed by atoms with van der Waals surface area (Å²) in [6, 6.07) is 3.64. The number of nitrogens with two attached hydrogens (primary N) is 1. The Labute approximate surface area is 269 Å². The van der Waals surface area contributed by atoms with Crippen LogP contribution in [0.15, 0.2) is 18.5 Å². The second kappa shape index (κ2) is 15.5. The summed E-state index contributed by atoms with van der Waals surface area (Å²) >= 11 is 0. The van der Waals surface area contributed by atoms with Gasteiger partial charge >= 0.3 is 31.8 Å². The molecule has 2 aromatic heterocycles. The zero-order chi connectivity index (χ0) is 35.1. The van der Waals surface area contributed by atoms with Gasteiger partial charge in [0.25, 0.3) is 0 Å². The van der Waals surface area contributed by atoms with E-state index in [0.29, 0.717) is 0 Å². The highest BCUT2D eigenvalue weighted by atomic mass is 31.2. The Balaban J connectivity index is 1.99. The first-order valence-corrected chi connectivity index (χ1v) is 15.8. The molecule has 20 heteroatoms. The number of esters is 3. The maximum absolute atomic E-state index is 13.9. The number of nitrogen functional groups attached to an aromatic ring is 1. The van der Waals surface area contributed by atoms with Gasteiger partial charge in [0.1, 0.15) is 30.1 Å². The number of carbonyl (C=O) groups excluding carboxylic acids is 4. The van der Waals surface area contributed by atoms with Crippen molar-refractivity contribution in [2.24, 2.45) is 0 Å². The van der Waals surface area contributed by atoms with Crippen LogP contribution in [0.2, 0.25) is 0 Å². The molecule has 0 amide bonds. The van der Waals surface area contributed by atoms with Crippen molar-refractivity contribution in [3.63, 3.8) is 0 Å². The molecule has 1 saturated heterocycles. The molecule has 47 heavy (non-hydrogen) atoms. The first-order valence-electron chi connectivity index (χ1n) is 14.2. The van der Waals surface area contributed by atoms with Gasteiger partial charge in [0.2, 0.25) is 12.4 Å². The highest BCUT2D eigenvalue weighted by molar-refractivity contribution is 7.51. The number of rotatable bonds is 14. The van der Waals surface area contributed by atoms with E-state index in [0.717, 1.165) is 20.2 Å². The van der Waals surface area contributed by atoms with Crippen LogP contribution in [0.3, 0.4) is 0 Å². The Morgan fingerprint density at radius 1 is 1.09 bits per heavy atom. The Kier molecular flexibility index (Phi) is 12.2. The molecular weight excluding hydrogens is 647 g/mol. The van der Waals surface area contributed by atoms with Gasteiger partial charge in [-0.25, -0.2) is 23.9 Å². The van der Waals surface area contributed by atoms with Crippen LogP contribution in [0, 0.1) is 11.3 Å². The topological polar surface area (TPSA) is 251 Å². The maximum atomic E-state index is 13.9. The predicted octanol–water partition coefficient (Wildman–Crippen LogP) is 1.88. The largest absolute Gasteiger partial charge is 0.510 e. The summed E-state index contributed by atoms with van der Waals surface area (Å²) in [7, 11) is -4.62. The number of ether oxygens (including phenoxy) is 6. The van der Waals surface area contributed by atoms with Crippen LogP contribution in [0.1, 0.15) is 54.2 Å². The number of hydrogen-bond donors (Lipinski definition) is 2. The van der Waals surface area contributed by atoms with E-state index in [1.165, 1.54) is 23.6 Å². The fourth-order valence-corrected chi connectivity index (χ4v) is 5.79. The number of nitriles is 1. The van der Waals surface area contributed by atoms with Crippen molar-refractivity contribution >= 4 is 43.1 Å².